The molecule has 10 nitrogen and oxygen atoms in total. The first-order valence-electron chi connectivity index (χ1n) is 12.7. The number of amides is 1. The number of aromatic hydroxyl groups is 1. The zero-order valence-corrected chi connectivity index (χ0v) is 21.9. The third-order valence-corrected chi connectivity index (χ3v) is 8.62. The van der Waals surface area contributed by atoms with Crippen LogP contribution in [-0.4, -0.2) is 82.6 Å². The van der Waals surface area contributed by atoms with Gasteiger partial charge in [-0.2, -0.15) is 0 Å². The molecule has 1 aromatic carbocycles. The maximum absolute atomic E-state index is 14.0. The number of hydrogen-bond donors (Lipinski definition) is 5. The van der Waals surface area contributed by atoms with E-state index in [0.29, 0.717) is 11.1 Å². The number of nitrogens with two attached hydrogens (primary N) is 1. The number of aliphatic hydroxyl groups is 3. The number of anilines is 1. The summed E-state index contributed by atoms with van der Waals surface area (Å²) in [6, 6.07) is 0.805. The molecule has 38 heavy (non-hydrogen) atoms. The molecule has 0 aromatic heterocycles. The van der Waals surface area contributed by atoms with Crippen molar-refractivity contribution < 1.29 is 34.8 Å². The zero-order valence-electron chi connectivity index (χ0n) is 21.9. The summed E-state index contributed by atoms with van der Waals surface area (Å²) in [6.45, 7) is 0. The molecular weight excluding hydrogens is 490 g/mol. The lowest BCUT2D eigenvalue weighted by atomic mass is 9.57. The Morgan fingerprint density at radius 1 is 1.13 bits per heavy atom. The minimum Gasteiger partial charge on any atom is -0.508 e. The van der Waals surface area contributed by atoms with Crippen molar-refractivity contribution in [1.82, 2.24) is 4.90 Å². The Hall–Kier alpha value is -3.63. The van der Waals surface area contributed by atoms with Crippen LogP contribution in [0.25, 0.3) is 5.76 Å². The van der Waals surface area contributed by atoms with Crippen molar-refractivity contribution >= 4 is 28.9 Å². The van der Waals surface area contributed by atoms with Gasteiger partial charge in [-0.05, 0) is 57.3 Å². The summed E-state index contributed by atoms with van der Waals surface area (Å²) in [7, 11) is 6.87. The van der Waals surface area contributed by atoms with Crippen LogP contribution in [0.5, 0.6) is 5.75 Å². The molecule has 0 radical (unpaired) electrons. The van der Waals surface area contributed by atoms with Crippen LogP contribution in [0.3, 0.4) is 0 Å². The van der Waals surface area contributed by atoms with Crippen molar-refractivity contribution in [3.8, 4) is 5.75 Å². The van der Waals surface area contributed by atoms with E-state index in [1.165, 1.54) is 4.90 Å². The number of Topliss-reactive ketones (excluding diaryl/α,β-unsaturated/α-hetero) is 2. The zero-order chi connectivity index (χ0) is 27.8. The number of allylic oxidation sites excluding steroid dienone is 2. The van der Waals surface area contributed by atoms with Crippen LogP contribution in [0.2, 0.25) is 0 Å². The number of phenols is 1. The van der Waals surface area contributed by atoms with Gasteiger partial charge in [-0.1, -0.05) is 12.2 Å². The number of fused-ring (bicyclic) bond motifs is 3. The second kappa shape index (κ2) is 8.71. The number of carbonyl (C=O) groups is 3. The molecule has 10 heteroatoms. The average molecular weight is 524 g/mol. The third kappa shape index (κ3) is 3.36. The van der Waals surface area contributed by atoms with Gasteiger partial charge in [0.15, 0.2) is 11.4 Å². The molecule has 5 unspecified atom stereocenters. The van der Waals surface area contributed by atoms with Crippen LogP contribution < -0.4 is 10.6 Å². The van der Waals surface area contributed by atoms with Crippen molar-refractivity contribution in [2.45, 2.75) is 43.2 Å². The molecule has 0 heterocycles. The van der Waals surface area contributed by atoms with Gasteiger partial charge in [-0.3, -0.25) is 19.3 Å². The van der Waals surface area contributed by atoms with E-state index < -0.39 is 58.0 Å². The Morgan fingerprint density at radius 2 is 1.82 bits per heavy atom. The summed E-state index contributed by atoms with van der Waals surface area (Å²) in [4.78, 5) is 42.7. The van der Waals surface area contributed by atoms with E-state index in [0.717, 1.165) is 18.5 Å². The normalized spacial score (nSPS) is 30.5. The molecule has 4 aliphatic carbocycles. The second-order valence-electron chi connectivity index (χ2n) is 11.2. The second-order valence-corrected chi connectivity index (χ2v) is 11.2. The highest BCUT2D eigenvalue weighted by atomic mass is 16.3. The monoisotopic (exact) mass is 523 g/mol. The van der Waals surface area contributed by atoms with Crippen LogP contribution in [0.15, 0.2) is 35.1 Å². The van der Waals surface area contributed by atoms with Gasteiger partial charge in [-0.25, -0.2) is 0 Å². The number of hydrogen-bond acceptors (Lipinski definition) is 9. The molecule has 0 bridgehead atoms. The van der Waals surface area contributed by atoms with Gasteiger partial charge >= 0.3 is 0 Å². The van der Waals surface area contributed by atoms with Gasteiger partial charge in [0.05, 0.1) is 11.6 Å². The Morgan fingerprint density at radius 3 is 2.37 bits per heavy atom. The quantitative estimate of drug-likeness (QED) is 0.290. The highest BCUT2D eigenvalue weighted by molar-refractivity contribution is 6.24. The van der Waals surface area contributed by atoms with Gasteiger partial charge < -0.3 is 31.1 Å². The van der Waals surface area contributed by atoms with Crippen LogP contribution >= 0.6 is 0 Å². The summed E-state index contributed by atoms with van der Waals surface area (Å²) in [5.41, 5.74) is 3.97. The molecule has 5 rings (SSSR count). The number of benzene rings is 1. The topological polar surface area (TPSA) is 165 Å². The van der Waals surface area contributed by atoms with Gasteiger partial charge in [-0.15, -0.1) is 0 Å². The smallest absolute Gasteiger partial charge is 0.255 e. The van der Waals surface area contributed by atoms with Crippen molar-refractivity contribution in [1.29, 1.82) is 0 Å². The molecule has 202 valence electrons. The average Bonchev–Trinajstić information content (AvgIpc) is 3.35. The number of likely N-dealkylation sites (N-methyl/N-ethyl adjacent to an activating group) is 1. The number of primary amides is 1. The van der Waals surface area contributed by atoms with Crippen molar-refractivity contribution in [2.24, 2.45) is 17.6 Å². The lowest BCUT2D eigenvalue weighted by Crippen LogP contribution is -2.65. The predicted octanol–water partition coefficient (Wildman–Crippen LogP) is 1.46. The third-order valence-electron chi connectivity index (χ3n) is 8.62. The fourth-order valence-electron chi connectivity index (χ4n) is 6.89. The molecule has 4 aliphatic rings. The highest BCUT2D eigenvalue weighted by Crippen LogP contribution is 2.54. The Kier molecular flexibility index (Phi) is 5.96. The van der Waals surface area contributed by atoms with E-state index in [1.807, 2.05) is 37.2 Å². The van der Waals surface area contributed by atoms with Crippen LogP contribution in [-0.2, 0) is 20.8 Å². The van der Waals surface area contributed by atoms with Crippen LogP contribution in [0, 0.1) is 11.8 Å². The minimum absolute atomic E-state index is 0.0551. The SMILES string of the molecule is CN(C)c1cc(C2C=CCC2)c(O)c2c1CC1CC3C(N(C)C)C(=O)C(C(N)=O)=C(O)C3(O)C(=O)C1=C2O. The number of rotatable bonds is 4. The number of aliphatic hydroxyl groups excluding tert-OH is 2. The van der Waals surface area contributed by atoms with E-state index >= 15 is 0 Å². The van der Waals surface area contributed by atoms with Gasteiger partial charge in [0.25, 0.3) is 5.91 Å². The van der Waals surface area contributed by atoms with E-state index in [1.54, 1.807) is 14.1 Å². The largest absolute Gasteiger partial charge is 0.508 e. The van der Waals surface area contributed by atoms with Crippen LogP contribution in [0.1, 0.15) is 41.9 Å². The Bertz CT molecular complexity index is 1370. The van der Waals surface area contributed by atoms with Gasteiger partial charge in [0.1, 0.15) is 22.8 Å². The Labute approximate surface area is 220 Å². The number of ketones is 2. The molecule has 5 atom stereocenters. The summed E-state index contributed by atoms with van der Waals surface area (Å²) in [5.74, 6) is -6.46. The first-order chi connectivity index (χ1) is 17.8. The molecule has 1 amide bonds. The van der Waals surface area contributed by atoms with Gasteiger partial charge in [0.2, 0.25) is 5.78 Å². The molecular formula is C28H33N3O7. The first-order valence-corrected chi connectivity index (χ1v) is 12.7. The summed E-state index contributed by atoms with van der Waals surface area (Å²) in [6.07, 6.45) is 6.02. The Balaban J connectivity index is 1.76. The molecule has 1 fully saturated rings. The summed E-state index contributed by atoms with van der Waals surface area (Å²) >= 11 is 0. The highest BCUT2D eigenvalue weighted by Gasteiger charge is 2.64. The van der Waals surface area contributed by atoms with Crippen LogP contribution in [0.4, 0.5) is 5.69 Å². The lowest BCUT2D eigenvalue weighted by Gasteiger charge is -2.50. The van der Waals surface area contributed by atoms with Crippen molar-refractivity contribution in [3.05, 3.63) is 51.8 Å². The first kappa shape index (κ1) is 26.0. The molecule has 1 saturated carbocycles. The molecule has 0 saturated heterocycles. The van der Waals surface area contributed by atoms with E-state index in [9.17, 15) is 34.8 Å². The summed E-state index contributed by atoms with van der Waals surface area (Å²) < 4.78 is 0. The summed E-state index contributed by atoms with van der Waals surface area (Å²) in [5, 5.41) is 45.7. The van der Waals surface area contributed by atoms with E-state index in [4.69, 9.17) is 5.73 Å². The van der Waals surface area contributed by atoms with E-state index in [-0.39, 0.29) is 35.6 Å². The number of nitrogens with zero attached hydrogens (tertiary/aromatic N) is 2. The fourth-order valence-corrected chi connectivity index (χ4v) is 6.89. The fraction of sp³-hybridized carbons (Fsp3) is 0.464. The van der Waals surface area contributed by atoms with Crippen molar-refractivity contribution in [2.75, 3.05) is 33.1 Å². The predicted molar refractivity (Wildman–Crippen MR) is 140 cm³/mol. The lowest BCUT2D eigenvalue weighted by molar-refractivity contribution is -0.153. The maximum atomic E-state index is 14.0. The number of carbonyl (C=O) groups excluding carboxylic acids is 3. The van der Waals surface area contributed by atoms with Crippen molar-refractivity contribution in [3.63, 3.8) is 0 Å². The standard InChI is InChI=1S/C28H33N3O7/c1-30(2)17-11-14(12-7-5-6-8-12)22(32)19-15(17)9-13-10-16-21(31(3)4)24(34)20(27(29)37)26(36)28(16,38)25(35)18(13)23(19)33/h5,7,11-13,16,21,32-33,36,38H,6,8-10H2,1-4H3,(H2,29,37). The minimum atomic E-state index is -2.64. The number of phenolic OH excluding ortho intramolecular Hbond substituents is 1. The van der Waals surface area contributed by atoms with Gasteiger partial charge in [0, 0.05) is 42.8 Å². The molecule has 0 spiro atoms. The molecule has 6 N–H and O–H groups in total. The maximum Gasteiger partial charge on any atom is 0.255 e. The van der Waals surface area contributed by atoms with E-state index in [2.05, 4.69) is 0 Å². The molecule has 0 aliphatic heterocycles. The molecule has 1 aromatic rings.